The van der Waals surface area contributed by atoms with Crippen LogP contribution in [0.25, 0.3) is 0 Å². The van der Waals surface area contributed by atoms with Crippen LogP contribution in [0.15, 0.2) is 192 Å². The summed E-state index contributed by atoms with van der Waals surface area (Å²) in [6, 6.07) is 34.5. The molecule has 0 spiro atoms. The van der Waals surface area contributed by atoms with E-state index in [-0.39, 0.29) is 29.6 Å². The lowest BCUT2D eigenvalue weighted by molar-refractivity contribution is 0.612. The fourth-order valence-corrected chi connectivity index (χ4v) is 8.29. The van der Waals surface area contributed by atoms with E-state index in [1.54, 1.807) is 0 Å². The second-order valence-electron chi connectivity index (χ2n) is 16.2. The predicted octanol–water partition coefficient (Wildman–Crippen LogP) is 18.4. The van der Waals surface area contributed by atoms with Crippen molar-refractivity contribution in [3.63, 3.8) is 0 Å². The van der Waals surface area contributed by atoms with Crippen molar-refractivity contribution in [1.29, 1.82) is 0 Å². The van der Waals surface area contributed by atoms with Gasteiger partial charge in [-0.3, -0.25) is 0 Å². The predicted molar refractivity (Wildman–Crippen MR) is 290 cm³/mol. The lowest BCUT2D eigenvalue weighted by Gasteiger charge is -2.25. The van der Waals surface area contributed by atoms with E-state index in [0.29, 0.717) is 0 Å². The topological polar surface area (TPSA) is 52.0 Å². The number of anilines is 2. The quantitative estimate of drug-likeness (QED) is 0.159. The molecule has 0 fully saturated rings. The minimum absolute atomic E-state index is 0.00296. The molecule has 0 aliphatic heterocycles. The van der Waals surface area contributed by atoms with E-state index < -0.39 is 0 Å². The van der Waals surface area contributed by atoms with Gasteiger partial charge in [-0.2, -0.15) is 0 Å². The molecule has 0 saturated heterocycles. The molecular formula is C62H86N2. The number of benzene rings is 4. The van der Waals surface area contributed by atoms with Gasteiger partial charge in [-0.15, -0.1) is 0 Å². The molecule has 2 heteroatoms. The van der Waals surface area contributed by atoms with Gasteiger partial charge in [0.05, 0.1) is 0 Å². The van der Waals surface area contributed by atoms with Gasteiger partial charge in [-0.25, -0.2) is 0 Å². The van der Waals surface area contributed by atoms with E-state index in [9.17, 15) is 0 Å². The third-order valence-corrected chi connectivity index (χ3v) is 11.5. The van der Waals surface area contributed by atoms with E-state index >= 15 is 0 Å². The van der Waals surface area contributed by atoms with Crippen LogP contribution in [0.2, 0.25) is 0 Å². The first-order valence-corrected chi connectivity index (χ1v) is 24.0. The molecule has 5 rings (SSSR count). The first-order valence-electron chi connectivity index (χ1n) is 24.0. The van der Waals surface area contributed by atoms with Gasteiger partial charge >= 0.3 is 0 Å². The molecule has 344 valence electrons. The molecule has 4 N–H and O–H groups in total. The Balaban J connectivity index is 0.00000242. The van der Waals surface area contributed by atoms with Crippen LogP contribution in [0.3, 0.4) is 0 Å². The van der Waals surface area contributed by atoms with Gasteiger partial charge in [-0.1, -0.05) is 235 Å². The molecule has 4 aromatic rings. The summed E-state index contributed by atoms with van der Waals surface area (Å²) in [6.07, 6.45) is 17.0. The van der Waals surface area contributed by atoms with Crippen molar-refractivity contribution in [2.75, 3.05) is 11.5 Å². The lowest BCUT2D eigenvalue weighted by atomic mass is 9.79. The van der Waals surface area contributed by atoms with Crippen LogP contribution in [0.4, 0.5) is 11.4 Å². The average Bonchev–Trinajstić information content (AvgIpc) is 3.31. The van der Waals surface area contributed by atoms with Crippen LogP contribution >= 0.6 is 0 Å². The largest absolute Gasteiger partial charge is 0.399 e. The molecule has 0 amide bonds. The zero-order valence-electron chi connectivity index (χ0n) is 42.9. The number of hydrogen-bond donors (Lipinski definition) is 2. The highest BCUT2D eigenvalue weighted by Crippen LogP contribution is 2.39. The van der Waals surface area contributed by atoms with E-state index in [4.69, 9.17) is 24.6 Å². The average molecular weight is 859 g/mol. The molecule has 1 aliphatic carbocycles. The Morgan fingerprint density at radius 2 is 0.766 bits per heavy atom. The van der Waals surface area contributed by atoms with E-state index in [1.165, 1.54) is 61.2 Å². The standard InChI is InChI=1S/C54H62N2.4C2H6/c1-35-11-23-45(24-12-35)51-37(3)15-19-41(7)53(47-27-31-49(55)32-28-47)43(9)21-17-39(5)52(46-25-13-36(2)14-26-46)40(6)18-22-44(10)54(42(8)20-16-38(51)4)48-29-33-50(56)34-30-48;4*1-2/h11-21,23-34,37,51-54H,7,10,22,55-56H2,1-6,8-9H3;4*1-2H3/b19-15-,38-16+,39-17+,40-18+,42-20+,43-21+;;;;. The number of nitrogens with two attached hydrogens (primary N) is 2. The Labute approximate surface area is 393 Å². The van der Waals surface area contributed by atoms with Crippen molar-refractivity contribution in [2.45, 2.75) is 141 Å². The van der Waals surface area contributed by atoms with Crippen molar-refractivity contribution in [2.24, 2.45) is 5.92 Å². The van der Waals surface area contributed by atoms with Crippen LogP contribution in [0.1, 0.15) is 160 Å². The normalized spacial score (nSPS) is 24.2. The third-order valence-electron chi connectivity index (χ3n) is 11.5. The maximum Gasteiger partial charge on any atom is 0.0314 e. The summed E-state index contributed by atoms with van der Waals surface area (Å²) in [5.74, 6) is 0.534. The number of allylic oxidation sites excluding steroid dienone is 14. The first kappa shape index (κ1) is 56.4. The summed E-state index contributed by atoms with van der Waals surface area (Å²) >= 11 is 0. The highest BCUT2D eigenvalue weighted by atomic mass is 14.5. The van der Waals surface area contributed by atoms with Crippen LogP contribution in [-0.2, 0) is 0 Å². The Bertz CT molecular complexity index is 2180. The minimum atomic E-state index is -0.00296. The number of rotatable bonds is 4. The SMILES string of the molecule is C=C1/C=C\C(C)C(c2ccc(C)cc2)/C(C)=C/C=C(\C)C(c2ccc(N)cc2)C(=C)C/C=C(\C)C(c2ccc(C)cc2)/C(C)=C/C=C(\C)C1c1ccc(N)cc1.CC.CC.CC.CC. The zero-order valence-corrected chi connectivity index (χ0v) is 42.9. The summed E-state index contributed by atoms with van der Waals surface area (Å²) in [5, 5.41) is 0. The molecule has 4 aromatic carbocycles. The van der Waals surface area contributed by atoms with Crippen LogP contribution in [0.5, 0.6) is 0 Å². The second kappa shape index (κ2) is 29.7. The summed E-state index contributed by atoms with van der Waals surface area (Å²) in [7, 11) is 0. The zero-order chi connectivity index (χ0) is 48.5. The number of nitrogen functional groups attached to an aromatic ring is 2. The maximum absolute atomic E-state index is 6.17. The Hall–Kier alpha value is -5.60. The Morgan fingerprint density at radius 1 is 0.422 bits per heavy atom. The molecule has 5 unspecified atom stereocenters. The fourth-order valence-electron chi connectivity index (χ4n) is 8.29. The lowest BCUT2D eigenvalue weighted by Crippen LogP contribution is -2.10. The molecule has 0 saturated carbocycles. The van der Waals surface area contributed by atoms with Crippen LogP contribution < -0.4 is 11.5 Å². The summed E-state index contributed by atoms with van der Waals surface area (Å²) in [5.41, 5.74) is 29.9. The monoisotopic (exact) mass is 859 g/mol. The highest BCUT2D eigenvalue weighted by molar-refractivity contribution is 5.50. The summed E-state index contributed by atoms with van der Waals surface area (Å²) in [6.45, 7) is 43.3. The van der Waals surface area contributed by atoms with E-state index in [2.05, 4.69) is 171 Å². The molecule has 5 atom stereocenters. The van der Waals surface area contributed by atoms with Gasteiger partial charge in [0, 0.05) is 35.0 Å². The molecule has 0 radical (unpaired) electrons. The van der Waals surface area contributed by atoms with Crippen LogP contribution in [0, 0.1) is 19.8 Å². The van der Waals surface area contributed by atoms with Crippen molar-refractivity contribution in [1.82, 2.24) is 0 Å². The molecule has 2 nitrogen and oxygen atoms in total. The smallest absolute Gasteiger partial charge is 0.0314 e. The molecule has 0 bridgehead atoms. The molecule has 1 aliphatic rings. The van der Waals surface area contributed by atoms with Crippen molar-refractivity contribution >= 4 is 11.4 Å². The number of aryl methyl sites for hydroxylation is 2. The van der Waals surface area contributed by atoms with Crippen LogP contribution in [-0.4, -0.2) is 0 Å². The van der Waals surface area contributed by atoms with E-state index in [0.717, 1.165) is 28.9 Å². The highest BCUT2D eigenvalue weighted by Gasteiger charge is 2.23. The van der Waals surface area contributed by atoms with Crippen molar-refractivity contribution in [3.8, 4) is 0 Å². The summed E-state index contributed by atoms with van der Waals surface area (Å²) < 4.78 is 0. The molecular weight excluding hydrogens is 773 g/mol. The van der Waals surface area contributed by atoms with Gasteiger partial charge in [0.15, 0.2) is 0 Å². The number of hydrogen-bond acceptors (Lipinski definition) is 2. The van der Waals surface area contributed by atoms with Crippen molar-refractivity contribution < 1.29 is 0 Å². The molecule has 0 heterocycles. The van der Waals surface area contributed by atoms with Gasteiger partial charge in [0.1, 0.15) is 0 Å². The Morgan fingerprint density at radius 3 is 1.22 bits per heavy atom. The molecule has 0 aromatic heterocycles. The van der Waals surface area contributed by atoms with Gasteiger partial charge in [0.25, 0.3) is 0 Å². The summed E-state index contributed by atoms with van der Waals surface area (Å²) in [4.78, 5) is 0. The minimum Gasteiger partial charge on any atom is -0.399 e. The van der Waals surface area contributed by atoms with Gasteiger partial charge < -0.3 is 11.5 Å². The third kappa shape index (κ3) is 16.5. The fraction of sp³-hybridized carbons (Fsp3) is 0.355. The maximum atomic E-state index is 6.17. The first-order chi connectivity index (χ1) is 30.7. The van der Waals surface area contributed by atoms with Crippen molar-refractivity contribution in [3.05, 3.63) is 225 Å². The second-order valence-corrected chi connectivity index (χ2v) is 16.2. The van der Waals surface area contributed by atoms with E-state index in [1.807, 2.05) is 79.7 Å². The molecule has 64 heavy (non-hydrogen) atoms. The van der Waals surface area contributed by atoms with Gasteiger partial charge in [-0.05, 0) is 113 Å². The van der Waals surface area contributed by atoms with Gasteiger partial charge in [0.2, 0.25) is 0 Å². The Kier molecular flexibility index (Phi) is 26.2.